The van der Waals surface area contributed by atoms with Crippen LogP contribution in [0, 0.1) is 11.3 Å². The van der Waals surface area contributed by atoms with Crippen LogP contribution in [0.4, 0.5) is 5.69 Å². The van der Waals surface area contributed by atoms with Gasteiger partial charge in [-0.2, -0.15) is 5.26 Å². The van der Waals surface area contributed by atoms with Gasteiger partial charge >= 0.3 is 0 Å². The molecule has 1 N–H and O–H groups in total. The highest BCUT2D eigenvalue weighted by atomic mass is 127. The first kappa shape index (κ1) is 10.8. The Balaban J connectivity index is 2.55. The van der Waals surface area contributed by atoms with Gasteiger partial charge in [0.2, 0.25) is 0 Å². The Hall–Kier alpha value is -0.280. The Kier molecular flexibility index (Phi) is 4.53. The smallest absolute Gasteiger partial charge is 0.0911 e. The summed E-state index contributed by atoms with van der Waals surface area (Å²) in [5.74, 6) is 0. The lowest BCUT2D eigenvalue weighted by Gasteiger charge is -2.09. The minimum Gasteiger partial charge on any atom is -0.372 e. The van der Waals surface area contributed by atoms with Gasteiger partial charge in [-0.25, -0.2) is 0 Å². The minimum atomic E-state index is 0.170. The Morgan fingerprint density at radius 2 is 2.08 bits per heavy atom. The van der Waals surface area contributed by atoms with Gasteiger partial charge in [0, 0.05) is 10.2 Å². The van der Waals surface area contributed by atoms with Crippen molar-refractivity contribution >= 4 is 44.2 Å². The van der Waals surface area contributed by atoms with Crippen LogP contribution in [0.15, 0.2) is 28.7 Å². The van der Waals surface area contributed by atoms with Crippen LogP contribution in [0.1, 0.15) is 6.42 Å². The average molecular weight is 351 g/mol. The van der Waals surface area contributed by atoms with Crippen LogP contribution < -0.4 is 5.32 Å². The van der Waals surface area contributed by atoms with Gasteiger partial charge in [0.1, 0.15) is 0 Å². The molecular weight excluding hydrogens is 343 g/mol. The molecule has 0 saturated carbocycles. The van der Waals surface area contributed by atoms with Crippen molar-refractivity contribution in [3.05, 3.63) is 28.7 Å². The van der Waals surface area contributed by atoms with Crippen LogP contribution in [0.5, 0.6) is 0 Å². The molecule has 1 atom stereocenters. The van der Waals surface area contributed by atoms with E-state index in [0.29, 0.717) is 6.42 Å². The monoisotopic (exact) mass is 350 g/mol. The molecule has 0 aliphatic carbocycles. The first-order valence-electron chi connectivity index (χ1n) is 3.75. The topological polar surface area (TPSA) is 35.8 Å². The van der Waals surface area contributed by atoms with E-state index in [9.17, 15) is 0 Å². The van der Waals surface area contributed by atoms with Crippen molar-refractivity contribution < 1.29 is 0 Å². The third kappa shape index (κ3) is 3.96. The van der Waals surface area contributed by atoms with Crippen molar-refractivity contribution in [1.82, 2.24) is 0 Å². The summed E-state index contributed by atoms with van der Waals surface area (Å²) in [6.45, 7) is 0. The lowest BCUT2D eigenvalue weighted by molar-refractivity contribution is 1.04. The van der Waals surface area contributed by atoms with Crippen LogP contribution in [-0.2, 0) is 0 Å². The molecule has 4 heteroatoms. The van der Waals surface area contributed by atoms with E-state index in [2.05, 4.69) is 49.9 Å². The number of benzene rings is 1. The molecule has 0 spiro atoms. The van der Waals surface area contributed by atoms with Gasteiger partial charge in [-0.3, -0.25) is 0 Å². The number of alkyl halides is 1. The van der Waals surface area contributed by atoms with Crippen molar-refractivity contribution in [2.45, 2.75) is 10.5 Å². The number of rotatable bonds is 3. The van der Waals surface area contributed by atoms with Crippen molar-refractivity contribution in [1.29, 1.82) is 5.26 Å². The van der Waals surface area contributed by atoms with Crippen molar-refractivity contribution in [2.75, 3.05) is 5.32 Å². The number of halogens is 2. The summed E-state index contributed by atoms with van der Waals surface area (Å²) in [6, 6.07) is 10.0. The molecule has 1 aromatic rings. The highest BCUT2D eigenvalue weighted by Gasteiger charge is 2.01. The van der Waals surface area contributed by atoms with Crippen LogP contribution in [-0.4, -0.2) is 4.05 Å². The van der Waals surface area contributed by atoms with E-state index < -0.39 is 0 Å². The lowest BCUT2D eigenvalue weighted by Crippen LogP contribution is -2.09. The molecule has 0 saturated heterocycles. The third-order valence-electron chi connectivity index (χ3n) is 1.44. The standard InChI is InChI=1S/C9H8BrIN2/c10-7-1-3-8(4-2-7)13-9(11)5-6-12/h1-4,9,13H,5H2/t9-/m1/s1. The molecule has 0 aliphatic heterocycles. The highest BCUT2D eigenvalue weighted by molar-refractivity contribution is 14.1. The van der Waals surface area contributed by atoms with E-state index in [4.69, 9.17) is 5.26 Å². The van der Waals surface area contributed by atoms with Crippen LogP contribution >= 0.6 is 38.5 Å². The predicted molar refractivity (Wildman–Crippen MR) is 65.8 cm³/mol. The fourth-order valence-electron chi connectivity index (χ4n) is 0.858. The van der Waals surface area contributed by atoms with E-state index >= 15 is 0 Å². The zero-order valence-corrected chi connectivity index (χ0v) is 10.5. The number of hydrogen-bond acceptors (Lipinski definition) is 2. The van der Waals surface area contributed by atoms with E-state index in [1.165, 1.54) is 0 Å². The van der Waals surface area contributed by atoms with Gasteiger partial charge in [-0.05, 0) is 24.3 Å². The zero-order valence-electron chi connectivity index (χ0n) is 6.80. The summed E-state index contributed by atoms with van der Waals surface area (Å²) in [4.78, 5) is 0. The molecule has 0 amide bonds. The molecule has 0 unspecified atom stereocenters. The van der Waals surface area contributed by atoms with E-state index in [1.54, 1.807) is 0 Å². The van der Waals surface area contributed by atoms with E-state index in [-0.39, 0.29) is 4.05 Å². The molecule has 0 aliphatic rings. The second-order valence-corrected chi connectivity index (χ2v) is 4.90. The Morgan fingerprint density at radius 1 is 1.46 bits per heavy atom. The highest BCUT2D eigenvalue weighted by Crippen LogP contribution is 2.17. The second kappa shape index (κ2) is 5.45. The van der Waals surface area contributed by atoms with Gasteiger partial charge in [0.25, 0.3) is 0 Å². The fourth-order valence-corrected chi connectivity index (χ4v) is 1.68. The predicted octanol–water partition coefficient (Wildman–Crippen LogP) is 3.54. The van der Waals surface area contributed by atoms with Crippen molar-refractivity contribution in [3.8, 4) is 6.07 Å². The molecule has 0 heterocycles. The van der Waals surface area contributed by atoms with Gasteiger partial charge in [-0.15, -0.1) is 0 Å². The van der Waals surface area contributed by atoms with Crippen LogP contribution in [0.2, 0.25) is 0 Å². The number of hydrogen-bond donors (Lipinski definition) is 1. The summed E-state index contributed by atoms with van der Waals surface area (Å²) in [6.07, 6.45) is 0.511. The molecular formula is C9H8BrIN2. The SMILES string of the molecule is N#CC[C@H](I)Nc1ccc(Br)cc1. The van der Waals surface area contributed by atoms with Crippen LogP contribution in [0.25, 0.3) is 0 Å². The number of nitrogens with zero attached hydrogens (tertiary/aromatic N) is 1. The maximum absolute atomic E-state index is 8.46. The summed E-state index contributed by atoms with van der Waals surface area (Å²) in [5, 5.41) is 11.7. The van der Waals surface area contributed by atoms with Gasteiger partial charge in [-0.1, -0.05) is 38.5 Å². The van der Waals surface area contributed by atoms with Gasteiger partial charge in [0.05, 0.1) is 16.5 Å². The molecule has 0 radical (unpaired) electrons. The first-order chi connectivity index (χ1) is 6.22. The maximum Gasteiger partial charge on any atom is 0.0911 e. The Labute approximate surface area is 99.6 Å². The summed E-state index contributed by atoms with van der Waals surface area (Å²) in [5.41, 5.74) is 1.04. The largest absolute Gasteiger partial charge is 0.372 e. The summed E-state index contributed by atoms with van der Waals surface area (Å²) >= 11 is 5.57. The molecule has 1 aromatic carbocycles. The minimum absolute atomic E-state index is 0.170. The van der Waals surface area contributed by atoms with Gasteiger partial charge < -0.3 is 5.32 Å². The van der Waals surface area contributed by atoms with Crippen molar-refractivity contribution in [2.24, 2.45) is 0 Å². The number of nitrogens with one attached hydrogen (secondary N) is 1. The maximum atomic E-state index is 8.46. The molecule has 2 nitrogen and oxygen atoms in total. The molecule has 68 valence electrons. The molecule has 0 aromatic heterocycles. The molecule has 0 bridgehead atoms. The van der Waals surface area contributed by atoms with E-state index in [0.717, 1.165) is 10.2 Å². The normalized spacial score (nSPS) is 11.8. The van der Waals surface area contributed by atoms with Crippen molar-refractivity contribution in [3.63, 3.8) is 0 Å². The first-order valence-corrected chi connectivity index (χ1v) is 5.79. The lowest BCUT2D eigenvalue weighted by atomic mass is 10.3. The fraction of sp³-hybridized carbons (Fsp3) is 0.222. The number of anilines is 1. The Bertz CT molecular complexity index is 304. The average Bonchev–Trinajstić information content (AvgIpc) is 2.09. The summed E-state index contributed by atoms with van der Waals surface area (Å²) in [7, 11) is 0. The molecule has 1 rings (SSSR count). The van der Waals surface area contributed by atoms with E-state index in [1.807, 2.05) is 24.3 Å². The zero-order chi connectivity index (χ0) is 9.68. The van der Waals surface area contributed by atoms with Crippen LogP contribution in [0.3, 0.4) is 0 Å². The number of nitriles is 1. The summed E-state index contributed by atoms with van der Waals surface area (Å²) < 4.78 is 1.23. The van der Waals surface area contributed by atoms with Gasteiger partial charge in [0.15, 0.2) is 0 Å². The second-order valence-electron chi connectivity index (χ2n) is 2.48. The molecule has 13 heavy (non-hydrogen) atoms. The Morgan fingerprint density at radius 3 is 2.62 bits per heavy atom. The molecule has 0 fully saturated rings. The third-order valence-corrected chi connectivity index (χ3v) is 2.72. The quantitative estimate of drug-likeness (QED) is 0.514.